The molecule has 1 aromatic heterocycles. The Morgan fingerprint density at radius 2 is 2.05 bits per heavy atom. The summed E-state index contributed by atoms with van der Waals surface area (Å²) in [4.78, 5) is 0.259. The van der Waals surface area contributed by atoms with Gasteiger partial charge < -0.3 is 9.73 Å². The fraction of sp³-hybridized carbons (Fsp3) is 0.733. The summed E-state index contributed by atoms with van der Waals surface area (Å²) in [7, 11) is -3.48. The van der Waals surface area contributed by atoms with Gasteiger partial charge in [0, 0.05) is 18.7 Å². The highest BCUT2D eigenvalue weighted by Gasteiger charge is 2.41. The van der Waals surface area contributed by atoms with Gasteiger partial charge in [0.15, 0.2) is 0 Å². The highest BCUT2D eigenvalue weighted by atomic mass is 32.2. The topological polar surface area (TPSA) is 71.3 Å². The first kappa shape index (κ1) is 16.5. The van der Waals surface area contributed by atoms with Crippen molar-refractivity contribution in [1.29, 1.82) is 0 Å². The van der Waals surface area contributed by atoms with E-state index in [0.29, 0.717) is 30.7 Å². The van der Waals surface area contributed by atoms with Crippen LogP contribution in [0.2, 0.25) is 0 Å². The van der Waals surface area contributed by atoms with Crippen LogP contribution in [0.25, 0.3) is 0 Å². The van der Waals surface area contributed by atoms with Gasteiger partial charge in [-0.3, -0.25) is 0 Å². The molecule has 1 aliphatic carbocycles. The minimum atomic E-state index is -3.48. The van der Waals surface area contributed by atoms with E-state index in [1.54, 1.807) is 13.0 Å². The molecular formula is C15H26N2O3S. The molecule has 0 unspecified atom stereocenters. The highest BCUT2D eigenvalue weighted by Crippen LogP contribution is 2.48. The maximum absolute atomic E-state index is 12.4. The Morgan fingerprint density at radius 1 is 1.38 bits per heavy atom. The van der Waals surface area contributed by atoms with Gasteiger partial charge in [-0.15, -0.1) is 0 Å². The molecule has 1 fully saturated rings. The van der Waals surface area contributed by atoms with E-state index < -0.39 is 10.0 Å². The van der Waals surface area contributed by atoms with E-state index in [1.165, 1.54) is 0 Å². The molecule has 5 nitrogen and oxygen atoms in total. The molecule has 2 N–H and O–H groups in total. The summed E-state index contributed by atoms with van der Waals surface area (Å²) < 4.78 is 33.1. The first-order valence-electron chi connectivity index (χ1n) is 7.60. The summed E-state index contributed by atoms with van der Waals surface area (Å²) in [6, 6.07) is 1.95. The van der Waals surface area contributed by atoms with Crippen molar-refractivity contribution in [2.75, 3.05) is 6.54 Å². The van der Waals surface area contributed by atoms with Crippen LogP contribution in [0.5, 0.6) is 0 Å². The van der Waals surface area contributed by atoms with Crippen LogP contribution in [-0.4, -0.2) is 21.0 Å². The van der Waals surface area contributed by atoms with E-state index in [4.69, 9.17) is 4.42 Å². The minimum absolute atomic E-state index is 0.187. The summed E-state index contributed by atoms with van der Waals surface area (Å²) in [5, 5.41) is 3.22. The molecule has 2 rings (SSSR count). The molecule has 21 heavy (non-hydrogen) atoms. The second-order valence-corrected chi connectivity index (χ2v) is 8.08. The molecule has 0 aliphatic heterocycles. The van der Waals surface area contributed by atoms with E-state index in [2.05, 4.69) is 17.0 Å². The van der Waals surface area contributed by atoms with Crippen molar-refractivity contribution in [2.45, 2.75) is 64.4 Å². The molecule has 1 heterocycles. The first-order chi connectivity index (χ1) is 9.78. The van der Waals surface area contributed by atoms with Gasteiger partial charge in [0.1, 0.15) is 16.4 Å². The molecule has 0 spiro atoms. The first-order valence-corrected chi connectivity index (χ1v) is 9.09. The molecule has 1 saturated carbocycles. The van der Waals surface area contributed by atoms with Crippen LogP contribution in [-0.2, 0) is 16.6 Å². The van der Waals surface area contributed by atoms with Crippen molar-refractivity contribution in [2.24, 2.45) is 5.41 Å². The van der Waals surface area contributed by atoms with Crippen molar-refractivity contribution in [3.63, 3.8) is 0 Å². The largest absolute Gasteiger partial charge is 0.464 e. The molecular weight excluding hydrogens is 288 g/mol. The Kier molecular flexibility index (Phi) is 4.80. The van der Waals surface area contributed by atoms with Gasteiger partial charge in [-0.05, 0) is 31.6 Å². The van der Waals surface area contributed by atoms with Crippen molar-refractivity contribution in [1.82, 2.24) is 10.0 Å². The third kappa shape index (κ3) is 4.08. The van der Waals surface area contributed by atoms with Crippen molar-refractivity contribution >= 4 is 10.0 Å². The molecule has 0 radical (unpaired) electrons. The Hall–Kier alpha value is -0.850. The zero-order valence-corrected chi connectivity index (χ0v) is 14.1. The van der Waals surface area contributed by atoms with E-state index in [0.717, 1.165) is 19.3 Å². The summed E-state index contributed by atoms with van der Waals surface area (Å²) in [5.74, 6) is 1.10. The number of nitrogens with one attached hydrogen (secondary N) is 2. The monoisotopic (exact) mass is 314 g/mol. The Morgan fingerprint density at radius 3 is 2.57 bits per heavy atom. The fourth-order valence-electron chi connectivity index (χ4n) is 2.34. The quantitative estimate of drug-likeness (QED) is 0.773. The maximum Gasteiger partial charge on any atom is 0.244 e. The molecule has 1 aromatic rings. The maximum atomic E-state index is 12.4. The van der Waals surface area contributed by atoms with Gasteiger partial charge in [0.2, 0.25) is 10.0 Å². The average molecular weight is 314 g/mol. The van der Waals surface area contributed by atoms with Crippen LogP contribution >= 0.6 is 0 Å². The third-order valence-corrected chi connectivity index (χ3v) is 5.75. The summed E-state index contributed by atoms with van der Waals surface area (Å²) >= 11 is 0. The predicted octanol–water partition coefficient (Wildman–Crippen LogP) is 2.55. The lowest BCUT2D eigenvalue weighted by atomic mass is 10.1. The van der Waals surface area contributed by atoms with Crippen LogP contribution < -0.4 is 10.0 Å². The fourth-order valence-corrected chi connectivity index (χ4v) is 3.70. The lowest BCUT2D eigenvalue weighted by Gasteiger charge is -2.13. The number of hydrogen-bond acceptors (Lipinski definition) is 4. The van der Waals surface area contributed by atoms with E-state index >= 15 is 0 Å². The standard InChI is InChI=1S/C15H26N2O3S/c1-5-15(6-7-15)10-17-21(18,19)14-8-13(20-12(14)4)9-16-11(2)3/h8,11,16-17H,5-7,9-10H2,1-4H3. The molecule has 0 saturated heterocycles. The van der Waals surface area contributed by atoms with Crippen LogP contribution in [0, 0.1) is 12.3 Å². The molecule has 0 atom stereocenters. The van der Waals surface area contributed by atoms with Crippen LogP contribution in [0.3, 0.4) is 0 Å². The van der Waals surface area contributed by atoms with Gasteiger partial charge in [-0.1, -0.05) is 20.8 Å². The van der Waals surface area contributed by atoms with Gasteiger partial charge in [0.05, 0.1) is 6.54 Å². The van der Waals surface area contributed by atoms with Crippen LogP contribution in [0.4, 0.5) is 0 Å². The lowest BCUT2D eigenvalue weighted by molar-refractivity contribution is 0.443. The zero-order chi connectivity index (χ0) is 15.7. The van der Waals surface area contributed by atoms with E-state index in [1.807, 2.05) is 13.8 Å². The normalized spacial score (nSPS) is 17.4. The van der Waals surface area contributed by atoms with Gasteiger partial charge in [0.25, 0.3) is 0 Å². The predicted molar refractivity (Wildman–Crippen MR) is 82.6 cm³/mol. The van der Waals surface area contributed by atoms with Crippen LogP contribution in [0.1, 0.15) is 51.6 Å². The van der Waals surface area contributed by atoms with Gasteiger partial charge in [-0.25, -0.2) is 13.1 Å². The second kappa shape index (κ2) is 6.10. The molecule has 0 aromatic carbocycles. The Bertz CT molecular complexity index is 586. The zero-order valence-electron chi connectivity index (χ0n) is 13.3. The molecule has 0 bridgehead atoms. The van der Waals surface area contributed by atoms with Crippen molar-refractivity contribution in [3.05, 3.63) is 17.6 Å². The van der Waals surface area contributed by atoms with Gasteiger partial charge in [-0.2, -0.15) is 0 Å². The number of aryl methyl sites for hydroxylation is 1. The smallest absolute Gasteiger partial charge is 0.244 e. The molecule has 6 heteroatoms. The molecule has 0 amide bonds. The van der Waals surface area contributed by atoms with E-state index in [9.17, 15) is 8.42 Å². The summed E-state index contributed by atoms with van der Waals surface area (Å²) in [5.41, 5.74) is 0.187. The molecule has 1 aliphatic rings. The lowest BCUT2D eigenvalue weighted by Crippen LogP contribution is -2.30. The molecule has 120 valence electrons. The number of sulfonamides is 1. The Labute approximate surface area is 127 Å². The van der Waals surface area contributed by atoms with Crippen molar-refractivity contribution < 1.29 is 12.8 Å². The average Bonchev–Trinajstić information content (AvgIpc) is 3.10. The summed E-state index contributed by atoms with van der Waals surface area (Å²) in [6.45, 7) is 8.94. The number of hydrogen-bond donors (Lipinski definition) is 2. The second-order valence-electron chi connectivity index (χ2n) is 6.35. The highest BCUT2D eigenvalue weighted by molar-refractivity contribution is 7.89. The van der Waals surface area contributed by atoms with Crippen molar-refractivity contribution in [3.8, 4) is 0 Å². The summed E-state index contributed by atoms with van der Waals surface area (Å²) in [6.07, 6.45) is 3.24. The van der Waals surface area contributed by atoms with Gasteiger partial charge >= 0.3 is 0 Å². The number of rotatable bonds is 8. The number of furan rings is 1. The van der Waals surface area contributed by atoms with E-state index in [-0.39, 0.29) is 10.3 Å². The SMILES string of the molecule is CCC1(CNS(=O)(=O)c2cc(CNC(C)C)oc2C)CC1. The Balaban J connectivity index is 2.05. The third-order valence-electron chi connectivity index (χ3n) is 4.24. The van der Waals surface area contributed by atoms with Crippen LogP contribution in [0.15, 0.2) is 15.4 Å². The minimum Gasteiger partial charge on any atom is -0.464 e.